The topological polar surface area (TPSA) is 86.0 Å². The van der Waals surface area contributed by atoms with Gasteiger partial charge in [-0.15, -0.1) is 4.80 Å². The van der Waals surface area contributed by atoms with E-state index >= 15 is 0 Å². The Morgan fingerprint density at radius 3 is 2.72 bits per heavy atom. The van der Waals surface area contributed by atoms with Gasteiger partial charge in [0.2, 0.25) is 5.88 Å². The van der Waals surface area contributed by atoms with Crippen LogP contribution in [0.25, 0.3) is 5.69 Å². The first-order valence-electron chi connectivity index (χ1n) is 9.52. The number of halogens is 1. The third-order valence-corrected chi connectivity index (χ3v) is 5.51. The first kappa shape index (κ1) is 17.7. The van der Waals surface area contributed by atoms with Crippen LogP contribution in [0.4, 0.5) is 4.39 Å². The van der Waals surface area contributed by atoms with E-state index in [1.54, 1.807) is 18.5 Å². The molecule has 0 spiro atoms. The Labute approximate surface area is 166 Å². The van der Waals surface area contributed by atoms with Crippen LogP contribution < -0.4 is 4.74 Å². The number of ether oxygens (including phenoxy) is 1. The zero-order valence-electron chi connectivity index (χ0n) is 15.8. The zero-order valence-corrected chi connectivity index (χ0v) is 15.8. The standard InChI is InChI=1S/C20H19FN6O2/c1-12-2-4-15(27-23-6-7-24-27)19(25-12)20(28)26-11-13-8-16(26)17(9-13)29-18-5-3-14(21)10-22-18/h2-7,10,13,16-17H,8-9,11H2,1H3. The highest BCUT2D eigenvalue weighted by atomic mass is 19.1. The third-order valence-electron chi connectivity index (χ3n) is 5.51. The molecule has 4 heterocycles. The predicted octanol–water partition coefficient (Wildman–Crippen LogP) is 2.19. The van der Waals surface area contributed by atoms with Crippen molar-refractivity contribution in [3.05, 3.63) is 60.1 Å². The number of carbonyl (C=O) groups excluding carboxylic acids is 1. The molecule has 9 heteroatoms. The first-order chi connectivity index (χ1) is 14.1. The summed E-state index contributed by atoms with van der Waals surface area (Å²) in [6.45, 7) is 2.52. The average Bonchev–Trinajstić information content (AvgIpc) is 3.46. The van der Waals surface area contributed by atoms with Crippen molar-refractivity contribution in [1.29, 1.82) is 0 Å². The number of aryl methyl sites for hydroxylation is 1. The molecular weight excluding hydrogens is 375 g/mol. The van der Waals surface area contributed by atoms with Crippen molar-refractivity contribution >= 4 is 5.91 Å². The summed E-state index contributed by atoms with van der Waals surface area (Å²) in [4.78, 5) is 25.1. The summed E-state index contributed by atoms with van der Waals surface area (Å²) in [6.07, 6.45) is 5.80. The van der Waals surface area contributed by atoms with E-state index in [1.807, 2.05) is 17.9 Å². The first-order valence-corrected chi connectivity index (χ1v) is 9.52. The Bertz CT molecular complexity index is 1040. The third kappa shape index (κ3) is 3.22. The van der Waals surface area contributed by atoms with Gasteiger partial charge in [0.25, 0.3) is 5.91 Å². The molecule has 2 bridgehead atoms. The molecule has 2 fully saturated rings. The number of hydrogen-bond donors (Lipinski definition) is 0. The van der Waals surface area contributed by atoms with Crippen LogP contribution in [0.5, 0.6) is 5.88 Å². The Morgan fingerprint density at radius 2 is 2.00 bits per heavy atom. The Morgan fingerprint density at radius 1 is 1.17 bits per heavy atom. The van der Waals surface area contributed by atoms with E-state index in [4.69, 9.17) is 4.74 Å². The Hall–Kier alpha value is -3.36. The minimum atomic E-state index is -0.410. The van der Waals surface area contributed by atoms with Gasteiger partial charge in [0.15, 0.2) is 5.69 Å². The normalized spacial score (nSPS) is 22.8. The molecule has 1 aliphatic carbocycles. The van der Waals surface area contributed by atoms with E-state index in [0.29, 0.717) is 29.7 Å². The van der Waals surface area contributed by atoms with Crippen molar-refractivity contribution in [3.63, 3.8) is 0 Å². The SMILES string of the molecule is Cc1ccc(-n2nccn2)c(C(=O)N2CC3CC(Oc4ccc(F)cn4)C2C3)n1. The number of pyridine rings is 2. The summed E-state index contributed by atoms with van der Waals surface area (Å²) < 4.78 is 19.1. The summed E-state index contributed by atoms with van der Waals surface area (Å²) in [7, 11) is 0. The summed E-state index contributed by atoms with van der Waals surface area (Å²) in [6, 6.07) is 6.40. The average molecular weight is 394 g/mol. The molecular formula is C20H19FN6O2. The Balaban J connectivity index is 1.41. The highest BCUT2D eigenvalue weighted by molar-refractivity contribution is 5.96. The maximum absolute atomic E-state index is 13.4. The largest absolute Gasteiger partial charge is 0.472 e. The summed E-state index contributed by atoms with van der Waals surface area (Å²) in [5, 5.41) is 8.29. The molecule has 1 aliphatic heterocycles. The molecule has 148 valence electrons. The molecule has 3 atom stereocenters. The second-order valence-electron chi connectivity index (χ2n) is 7.47. The van der Waals surface area contributed by atoms with E-state index in [-0.39, 0.29) is 18.1 Å². The quantitative estimate of drug-likeness (QED) is 0.674. The van der Waals surface area contributed by atoms with E-state index in [1.165, 1.54) is 16.9 Å². The van der Waals surface area contributed by atoms with Gasteiger partial charge in [-0.2, -0.15) is 10.2 Å². The molecule has 1 saturated carbocycles. The highest BCUT2D eigenvalue weighted by Crippen LogP contribution is 2.40. The fourth-order valence-corrected chi connectivity index (χ4v) is 4.26. The van der Waals surface area contributed by atoms with Gasteiger partial charge < -0.3 is 9.64 Å². The van der Waals surface area contributed by atoms with Gasteiger partial charge in [0.05, 0.1) is 24.6 Å². The number of carbonyl (C=O) groups is 1. The predicted molar refractivity (Wildman–Crippen MR) is 100 cm³/mol. The van der Waals surface area contributed by atoms with Gasteiger partial charge in [-0.05, 0) is 43.9 Å². The lowest BCUT2D eigenvalue weighted by atomic mass is 10.1. The maximum Gasteiger partial charge on any atom is 0.275 e. The fourth-order valence-electron chi connectivity index (χ4n) is 4.26. The molecule has 2 aliphatic rings. The number of piperidine rings is 1. The number of nitrogens with zero attached hydrogens (tertiary/aromatic N) is 6. The number of amides is 1. The number of rotatable bonds is 4. The van der Waals surface area contributed by atoms with Crippen LogP contribution in [-0.4, -0.2) is 54.5 Å². The minimum absolute atomic E-state index is 0.0694. The fraction of sp³-hybridized carbons (Fsp3) is 0.350. The molecule has 5 rings (SSSR count). The Kier molecular flexibility index (Phi) is 4.22. The second-order valence-corrected chi connectivity index (χ2v) is 7.47. The lowest BCUT2D eigenvalue weighted by Crippen LogP contribution is -2.47. The van der Waals surface area contributed by atoms with Gasteiger partial charge in [0.1, 0.15) is 17.6 Å². The van der Waals surface area contributed by atoms with Gasteiger partial charge in [-0.1, -0.05) is 0 Å². The van der Waals surface area contributed by atoms with Gasteiger partial charge >= 0.3 is 0 Å². The molecule has 1 saturated heterocycles. The van der Waals surface area contributed by atoms with Crippen molar-refractivity contribution in [3.8, 4) is 11.6 Å². The van der Waals surface area contributed by atoms with Crippen LogP contribution in [0.15, 0.2) is 42.9 Å². The van der Waals surface area contributed by atoms with E-state index < -0.39 is 5.82 Å². The van der Waals surface area contributed by atoms with Crippen LogP contribution >= 0.6 is 0 Å². The maximum atomic E-state index is 13.4. The summed E-state index contributed by atoms with van der Waals surface area (Å²) in [5.74, 6) is 0.165. The zero-order chi connectivity index (χ0) is 20.0. The van der Waals surface area contributed by atoms with Crippen LogP contribution in [0.3, 0.4) is 0 Å². The van der Waals surface area contributed by atoms with Gasteiger partial charge in [-0.25, -0.2) is 14.4 Å². The van der Waals surface area contributed by atoms with Crippen LogP contribution in [0, 0.1) is 18.7 Å². The smallest absolute Gasteiger partial charge is 0.275 e. The van der Waals surface area contributed by atoms with Crippen molar-refractivity contribution < 1.29 is 13.9 Å². The molecule has 0 aromatic carbocycles. The molecule has 8 nitrogen and oxygen atoms in total. The number of hydrogen-bond acceptors (Lipinski definition) is 6. The molecule has 0 N–H and O–H groups in total. The highest BCUT2D eigenvalue weighted by Gasteiger charge is 2.49. The van der Waals surface area contributed by atoms with Crippen molar-refractivity contribution in [2.45, 2.75) is 31.9 Å². The molecule has 3 aromatic heterocycles. The monoisotopic (exact) mass is 394 g/mol. The van der Waals surface area contributed by atoms with Crippen molar-refractivity contribution in [2.75, 3.05) is 6.54 Å². The van der Waals surface area contributed by atoms with Crippen LogP contribution in [0.2, 0.25) is 0 Å². The molecule has 0 radical (unpaired) electrons. The van der Waals surface area contributed by atoms with Crippen molar-refractivity contribution in [1.82, 2.24) is 29.9 Å². The van der Waals surface area contributed by atoms with Gasteiger partial charge in [0, 0.05) is 18.3 Å². The number of likely N-dealkylation sites (tertiary alicyclic amines) is 1. The summed E-state index contributed by atoms with van der Waals surface area (Å²) >= 11 is 0. The minimum Gasteiger partial charge on any atom is -0.472 e. The molecule has 3 aromatic rings. The summed E-state index contributed by atoms with van der Waals surface area (Å²) in [5.41, 5.74) is 1.62. The number of aromatic nitrogens is 5. The van der Waals surface area contributed by atoms with Gasteiger partial charge in [-0.3, -0.25) is 4.79 Å². The number of fused-ring (bicyclic) bond motifs is 2. The van der Waals surface area contributed by atoms with Crippen molar-refractivity contribution in [2.24, 2.45) is 5.92 Å². The van der Waals surface area contributed by atoms with E-state index in [0.717, 1.165) is 24.7 Å². The molecule has 29 heavy (non-hydrogen) atoms. The second kappa shape index (κ2) is 6.91. The van der Waals surface area contributed by atoms with E-state index in [9.17, 15) is 9.18 Å². The molecule has 3 unspecified atom stereocenters. The van der Waals surface area contributed by atoms with Crippen LogP contribution in [-0.2, 0) is 0 Å². The molecule has 1 amide bonds. The van der Waals surface area contributed by atoms with Crippen LogP contribution in [0.1, 0.15) is 29.0 Å². The lowest BCUT2D eigenvalue weighted by molar-refractivity contribution is 0.0461. The lowest BCUT2D eigenvalue weighted by Gasteiger charge is -2.33. The van der Waals surface area contributed by atoms with E-state index in [2.05, 4.69) is 20.2 Å².